The number of aromatic nitrogens is 1. The average molecular weight is 394 g/mol. The van der Waals surface area contributed by atoms with Crippen LogP contribution in [-0.2, 0) is 15.6 Å². The molecule has 1 aliphatic heterocycles. The molecule has 2 aromatic rings. The van der Waals surface area contributed by atoms with E-state index in [0.717, 1.165) is 11.8 Å². The summed E-state index contributed by atoms with van der Waals surface area (Å²) in [7, 11) is -3.36. The van der Waals surface area contributed by atoms with Gasteiger partial charge in [0.25, 0.3) is 5.91 Å². The second-order valence-corrected chi connectivity index (χ2v) is 9.19. The molecule has 0 aliphatic carbocycles. The molecule has 1 N–H and O–H groups in total. The number of hydrogen-bond acceptors (Lipinski definition) is 4. The zero-order chi connectivity index (χ0) is 19.3. The van der Waals surface area contributed by atoms with E-state index in [9.17, 15) is 13.2 Å². The predicted molar refractivity (Wildman–Crippen MR) is 102 cm³/mol. The van der Waals surface area contributed by atoms with Crippen molar-refractivity contribution in [3.05, 3.63) is 58.4 Å². The van der Waals surface area contributed by atoms with Gasteiger partial charge in [-0.25, -0.2) is 13.1 Å². The van der Waals surface area contributed by atoms with E-state index in [4.69, 9.17) is 11.6 Å². The van der Waals surface area contributed by atoms with Crippen molar-refractivity contribution in [2.45, 2.75) is 32.4 Å². The molecule has 0 fully saturated rings. The van der Waals surface area contributed by atoms with Crippen molar-refractivity contribution < 1.29 is 13.2 Å². The Balaban J connectivity index is 2.03. The lowest BCUT2D eigenvalue weighted by atomic mass is 9.93. The van der Waals surface area contributed by atoms with Crippen LogP contribution >= 0.6 is 11.6 Å². The van der Waals surface area contributed by atoms with Gasteiger partial charge < -0.3 is 0 Å². The van der Waals surface area contributed by atoms with Gasteiger partial charge in [0.05, 0.1) is 23.7 Å². The van der Waals surface area contributed by atoms with Crippen LogP contribution < -0.4 is 9.62 Å². The van der Waals surface area contributed by atoms with Crippen molar-refractivity contribution in [3.8, 4) is 0 Å². The second kappa shape index (κ2) is 6.33. The van der Waals surface area contributed by atoms with Crippen molar-refractivity contribution >= 4 is 33.2 Å². The smallest absolute Gasteiger partial charge is 0.259 e. The minimum absolute atomic E-state index is 0.135. The van der Waals surface area contributed by atoms with E-state index in [0.29, 0.717) is 21.8 Å². The maximum absolute atomic E-state index is 13.0. The van der Waals surface area contributed by atoms with E-state index >= 15 is 0 Å². The molecule has 26 heavy (non-hydrogen) atoms. The van der Waals surface area contributed by atoms with Gasteiger partial charge in [-0.2, -0.15) is 0 Å². The number of fused-ring (bicyclic) bond motifs is 1. The number of benzene rings is 1. The average Bonchev–Trinajstić information content (AvgIpc) is 2.72. The zero-order valence-electron chi connectivity index (χ0n) is 14.9. The Hall–Kier alpha value is -1.96. The monoisotopic (exact) mass is 393 g/mol. The summed E-state index contributed by atoms with van der Waals surface area (Å²) in [5, 5.41) is 0.573. The van der Waals surface area contributed by atoms with Crippen LogP contribution in [-0.4, -0.2) is 25.6 Å². The van der Waals surface area contributed by atoms with Crippen LogP contribution in [0.3, 0.4) is 0 Å². The third-order valence-electron chi connectivity index (χ3n) is 4.53. The van der Waals surface area contributed by atoms with Gasteiger partial charge in [-0.05, 0) is 56.2 Å². The lowest BCUT2D eigenvalue weighted by Gasteiger charge is -2.32. The summed E-state index contributed by atoms with van der Waals surface area (Å²) in [6, 6.07) is 6.55. The highest BCUT2D eigenvalue weighted by molar-refractivity contribution is 7.88. The van der Waals surface area contributed by atoms with E-state index in [2.05, 4.69) is 9.71 Å². The van der Waals surface area contributed by atoms with E-state index < -0.39 is 21.6 Å². The molecule has 3 rings (SSSR count). The van der Waals surface area contributed by atoms with Gasteiger partial charge in [0.1, 0.15) is 0 Å². The fourth-order valence-electron chi connectivity index (χ4n) is 3.34. The highest BCUT2D eigenvalue weighted by Gasteiger charge is 2.44. The number of halogens is 1. The number of amides is 1. The number of nitrogens with one attached hydrogen (secondary N) is 1. The maximum Gasteiger partial charge on any atom is 0.259 e. The molecule has 0 saturated carbocycles. The van der Waals surface area contributed by atoms with Gasteiger partial charge in [0, 0.05) is 22.8 Å². The topological polar surface area (TPSA) is 79.4 Å². The molecule has 138 valence electrons. The van der Waals surface area contributed by atoms with Crippen LogP contribution in [0.1, 0.15) is 48.3 Å². The Morgan fingerprint density at radius 1 is 1.23 bits per heavy atom. The molecule has 0 spiro atoms. The third-order valence-corrected chi connectivity index (χ3v) is 5.54. The molecule has 1 amide bonds. The summed E-state index contributed by atoms with van der Waals surface area (Å²) in [5.74, 6) is -0.135. The van der Waals surface area contributed by atoms with Crippen molar-refractivity contribution in [2.24, 2.45) is 0 Å². The molecule has 1 aromatic heterocycles. The molecule has 0 saturated heterocycles. The van der Waals surface area contributed by atoms with Gasteiger partial charge >= 0.3 is 0 Å². The van der Waals surface area contributed by atoms with Crippen molar-refractivity contribution in [1.82, 2.24) is 9.71 Å². The van der Waals surface area contributed by atoms with Crippen molar-refractivity contribution in [3.63, 3.8) is 0 Å². The van der Waals surface area contributed by atoms with E-state index in [1.165, 1.54) is 0 Å². The van der Waals surface area contributed by atoms with Gasteiger partial charge in [-0.1, -0.05) is 11.6 Å². The van der Waals surface area contributed by atoms with Crippen molar-refractivity contribution in [1.29, 1.82) is 0 Å². The van der Waals surface area contributed by atoms with Crippen LogP contribution in [0, 0.1) is 0 Å². The van der Waals surface area contributed by atoms with Crippen LogP contribution in [0.15, 0.2) is 36.7 Å². The van der Waals surface area contributed by atoms with Crippen LogP contribution in [0.5, 0.6) is 0 Å². The molecule has 0 unspecified atom stereocenters. The first-order chi connectivity index (χ1) is 12.0. The zero-order valence-corrected chi connectivity index (χ0v) is 16.5. The number of rotatable bonds is 4. The Labute approximate surface area is 158 Å². The first kappa shape index (κ1) is 18.8. The van der Waals surface area contributed by atoms with Crippen LogP contribution in [0.2, 0.25) is 5.02 Å². The minimum Gasteiger partial charge on any atom is -0.297 e. The molecule has 1 aliphatic rings. The Morgan fingerprint density at radius 3 is 2.58 bits per heavy atom. The summed E-state index contributed by atoms with van der Waals surface area (Å²) < 4.78 is 25.5. The highest BCUT2D eigenvalue weighted by atomic mass is 35.5. The highest BCUT2D eigenvalue weighted by Crippen LogP contribution is 2.42. The lowest BCUT2D eigenvalue weighted by Crippen LogP contribution is -2.39. The fourth-order valence-corrected chi connectivity index (χ4v) is 4.29. The summed E-state index contributed by atoms with van der Waals surface area (Å²) in [4.78, 5) is 18.8. The fraction of sp³-hybridized carbons (Fsp3) is 0.333. The molecule has 6 nitrogen and oxygen atoms in total. The molecule has 1 atom stereocenters. The van der Waals surface area contributed by atoms with Gasteiger partial charge in [-0.15, -0.1) is 0 Å². The van der Waals surface area contributed by atoms with Crippen LogP contribution in [0.4, 0.5) is 5.69 Å². The summed E-state index contributed by atoms with van der Waals surface area (Å²) >= 11 is 6.11. The summed E-state index contributed by atoms with van der Waals surface area (Å²) in [5.41, 5.74) is 2.12. The Kier molecular flexibility index (Phi) is 4.58. The van der Waals surface area contributed by atoms with E-state index in [-0.39, 0.29) is 5.91 Å². The number of hydrogen-bond donors (Lipinski definition) is 1. The quantitative estimate of drug-likeness (QED) is 0.864. The first-order valence-corrected chi connectivity index (χ1v) is 10.3. The molecule has 8 heteroatoms. The van der Waals surface area contributed by atoms with E-state index in [1.807, 2.05) is 13.8 Å². The molecule has 2 heterocycles. The van der Waals surface area contributed by atoms with Crippen molar-refractivity contribution in [2.75, 3.05) is 11.2 Å². The summed E-state index contributed by atoms with van der Waals surface area (Å²) in [6.45, 7) is 5.61. The third kappa shape index (κ3) is 3.34. The molecule has 0 radical (unpaired) electrons. The number of pyridine rings is 1. The molecule has 1 aromatic carbocycles. The molecule has 0 bridgehead atoms. The Bertz CT molecular complexity index is 989. The van der Waals surface area contributed by atoms with Gasteiger partial charge in [0.15, 0.2) is 0 Å². The lowest BCUT2D eigenvalue weighted by molar-refractivity contribution is 0.0982. The first-order valence-electron chi connectivity index (χ1n) is 8.07. The maximum atomic E-state index is 13.0. The van der Waals surface area contributed by atoms with Gasteiger partial charge in [0.2, 0.25) is 10.0 Å². The Morgan fingerprint density at radius 2 is 1.92 bits per heavy atom. The predicted octanol–water partition coefficient (Wildman–Crippen LogP) is 3.24. The number of nitrogens with zero attached hydrogens (tertiary/aromatic N) is 2. The molecular formula is C18H20ClN3O3S. The number of anilines is 1. The standard InChI is InChI=1S/C18H20ClN3O3S/c1-11(21-26(4,24)25)12-7-14(10-20-9-12)22-17(23)15-6-5-13(19)8-16(15)18(22,2)3/h5-11,21H,1-4H3/t11-/m1/s1. The second-order valence-electron chi connectivity index (χ2n) is 6.98. The summed E-state index contributed by atoms with van der Waals surface area (Å²) in [6.07, 6.45) is 4.29. The number of sulfonamides is 1. The SMILES string of the molecule is C[C@@H](NS(C)(=O)=O)c1cncc(N2C(=O)c3ccc(Cl)cc3C2(C)C)c1. The van der Waals surface area contributed by atoms with E-state index in [1.54, 1.807) is 48.5 Å². The number of carbonyl (C=O) groups excluding carboxylic acids is 1. The number of carbonyl (C=O) groups is 1. The minimum atomic E-state index is -3.36. The van der Waals surface area contributed by atoms with Gasteiger partial charge in [-0.3, -0.25) is 14.7 Å². The normalized spacial score (nSPS) is 17.3. The molecular weight excluding hydrogens is 374 g/mol. The van der Waals surface area contributed by atoms with Crippen LogP contribution in [0.25, 0.3) is 0 Å². The largest absolute Gasteiger partial charge is 0.297 e.